The first-order chi connectivity index (χ1) is 10.7. The molecule has 0 atom stereocenters. The largest absolute Gasteiger partial charge is 0.349 e. The van der Waals surface area contributed by atoms with Gasteiger partial charge in [0.2, 0.25) is 5.43 Å². The second-order valence-electron chi connectivity index (χ2n) is 5.62. The third kappa shape index (κ3) is 2.87. The van der Waals surface area contributed by atoms with Gasteiger partial charge >= 0.3 is 0 Å². The number of nitrogens with zero attached hydrogens (tertiary/aromatic N) is 3. The molecule has 6 nitrogen and oxygen atoms in total. The molecule has 0 spiro atoms. The Balaban J connectivity index is 1.76. The lowest BCUT2D eigenvalue weighted by Gasteiger charge is -2.14. The summed E-state index contributed by atoms with van der Waals surface area (Å²) in [5.74, 6) is -0.398. The zero-order valence-electron chi connectivity index (χ0n) is 12.7. The van der Waals surface area contributed by atoms with E-state index in [2.05, 4.69) is 15.3 Å². The minimum Gasteiger partial charge on any atom is -0.349 e. The number of para-hydroxylation sites is 1. The van der Waals surface area contributed by atoms with Crippen LogP contribution in [-0.4, -0.2) is 46.8 Å². The van der Waals surface area contributed by atoms with E-state index < -0.39 is 5.91 Å². The van der Waals surface area contributed by atoms with Crippen molar-refractivity contribution < 1.29 is 4.79 Å². The Hall–Kier alpha value is -2.21. The molecule has 1 fully saturated rings. The highest BCUT2D eigenvalue weighted by Gasteiger charge is 2.17. The second-order valence-corrected chi connectivity index (χ2v) is 5.62. The van der Waals surface area contributed by atoms with Gasteiger partial charge in [-0.2, -0.15) is 5.10 Å². The normalized spacial score (nSPS) is 15.3. The molecule has 1 aliphatic rings. The molecule has 6 heteroatoms. The van der Waals surface area contributed by atoms with Crippen LogP contribution in [0.25, 0.3) is 10.9 Å². The van der Waals surface area contributed by atoms with E-state index in [0.717, 1.165) is 25.2 Å². The molecule has 3 rings (SSSR count). The van der Waals surface area contributed by atoms with Crippen LogP contribution in [0.1, 0.15) is 23.3 Å². The zero-order valence-corrected chi connectivity index (χ0v) is 12.7. The summed E-state index contributed by atoms with van der Waals surface area (Å²) >= 11 is 0. The van der Waals surface area contributed by atoms with E-state index in [9.17, 15) is 9.59 Å². The first kappa shape index (κ1) is 14.7. The summed E-state index contributed by atoms with van der Waals surface area (Å²) in [5.41, 5.74) is 0.371. The van der Waals surface area contributed by atoms with Crippen molar-refractivity contribution in [3.63, 3.8) is 0 Å². The molecule has 2 aromatic rings. The smallest absolute Gasteiger partial charge is 0.275 e. The lowest BCUT2D eigenvalue weighted by Crippen LogP contribution is -2.36. The number of aryl methyl sites for hydroxylation is 1. The van der Waals surface area contributed by atoms with E-state index in [0.29, 0.717) is 11.9 Å². The van der Waals surface area contributed by atoms with Gasteiger partial charge in [-0.1, -0.05) is 12.1 Å². The number of carbonyl (C=O) groups is 1. The standard InChI is InChI=1S/C16H20N4O2/c1-19-13-7-3-2-6-12(13)15(21)14(18-19)16(22)17-8-11-20-9-4-5-10-20/h2-3,6-7H,4-5,8-11H2,1H3,(H,17,22). The molecule has 116 valence electrons. The predicted octanol–water partition coefficient (Wildman–Crippen LogP) is 0.759. The van der Waals surface area contributed by atoms with Crippen molar-refractivity contribution in [3.8, 4) is 0 Å². The Labute approximate surface area is 128 Å². The summed E-state index contributed by atoms with van der Waals surface area (Å²) in [4.78, 5) is 26.9. The number of carbonyl (C=O) groups excluding carboxylic acids is 1. The van der Waals surface area contributed by atoms with Crippen LogP contribution in [0.3, 0.4) is 0 Å². The molecule has 0 unspecified atom stereocenters. The monoisotopic (exact) mass is 300 g/mol. The molecule has 22 heavy (non-hydrogen) atoms. The van der Waals surface area contributed by atoms with Gasteiger partial charge in [0.25, 0.3) is 5.91 Å². The summed E-state index contributed by atoms with van der Waals surface area (Å²) in [6.45, 7) is 3.54. The van der Waals surface area contributed by atoms with Crippen LogP contribution in [0, 0.1) is 0 Å². The number of amides is 1. The Bertz CT molecular complexity index is 747. The number of rotatable bonds is 4. The second kappa shape index (κ2) is 6.27. The van der Waals surface area contributed by atoms with Crippen molar-refractivity contribution in [3.05, 3.63) is 40.2 Å². The molecule has 1 aliphatic heterocycles. The van der Waals surface area contributed by atoms with Gasteiger partial charge in [-0.25, -0.2) is 0 Å². The molecular weight excluding hydrogens is 280 g/mol. The van der Waals surface area contributed by atoms with E-state index in [1.807, 2.05) is 12.1 Å². The Morgan fingerprint density at radius 3 is 2.77 bits per heavy atom. The Kier molecular flexibility index (Phi) is 4.20. The third-order valence-electron chi connectivity index (χ3n) is 4.09. The van der Waals surface area contributed by atoms with E-state index in [1.54, 1.807) is 23.9 Å². The van der Waals surface area contributed by atoms with E-state index in [4.69, 9.17) is 0 Å². The van der Waals surface area contributed by atoms with Gasteiger partial charge in [-0.3, -0.25) is 14.3 Å². The van der Waals surface area contributed by atoms with Crippen molar-refractivity contribution in [2.24, 2.45) is 7.05 Å². The molecule has 1 N–H and O–H groups in total. The van der Waals surface area contributed by atoms with Gasteiger partial charge in [0.05, 0.1) is 5.52 Å². The van der Waals surface area contributed by atoms with Crippen molar-refractivity contribution in [2.75, 3.05) is 26.2 Å². The van der Waals surface area contributed by atoms with Crippen molar-refractivity contribution in [1.82, 2.24) is 20.0 Å². The number of benzene rings is 1. The Morgan fingerprint density at radius 1 is 1.27 bits per heavy atom. The molecule has 1 amide bonds. The molecule has 1 aromatic carbocycles. The average molecular weight is 300 g/mol. The maximum absolute atomic E-state index is 12.4. The summed E-state index contributed by atoms with van der Waals surface area (Å²) in [7, 11) is 1.74. The highest BCUT2D eigenvalue weighted by atomic mass is 16.2. The molecule has 0 aliphatic carbocycles. The van der Waals surface area contributed by atoms with E-state index in [1.165, 1.54) is 12.8 Å². The summed E-state index contributed by atoms with van der Waals surface area (Å²) < 4.78 is 1.58. The zero-order chi connectivity index (χ0) is 15.5. The molecular formula is C16H20N4O2. The molecule has 1 saturated heterocycles. The van der Waals surface area contributed by atoms with Crippen molar-refractivity contribution in [1.29, 1.82) is 0 Å². The Morgan fingerprint density at radius 2 is 2.00 bits per heavy atom. The number of aromatic nitrogens is 2. The van der Waals surface area contributed by atoms with Gasteiger partial charge in [0, 0.05) is 25.5 Å². The number of hydrogen-bond acceptors (Lipinski definition) is 4. The van der Waals surface area contributed by atoms with Gasteiger partial charge < -0.3 is 10.2 Å². The number of hydrogen-bond donors (Lipinski definition) is 1. The van der Waals surface area contributed by atoms with Crippen LogP contribution in [0.15, 0.2) is 29.1 Å². The quantitative estimate of drug-likeness (QED) is 0.905. The highest BCUT2D eigenvalue weighted by molar-refractivity contribution is 5.95. The highest BCUT2D eigenvalue weighted by Crippen LogP contribution is 2.08. The maximum Gasteiger partial charge on any atom is 0.275 e. The van der Waals surface area contributed by atoms with Crippen LogP contribution in [0.2, 0.25) is 0 Å². The van der Waals surface area contributed by atoms with Gasteiger partial charge in [-0.05, 0) is 38.1 Å². The molecule has 0 radical (unpaired) electrons. The summed E-state index contributed by atoms with van der Waals surface area (Å²) in [5, 5.41) is 7.45. The first-order valence-electron chi connectivity index (χ1n) is 7.63. The van der Waals surface area contributed by atoms with E-state index in [-0.39, 0.29) is 11.1 Å². The summed E-state index contributed by atoms with van der Waals surface area (Å²) in [6, 6.07) is 7.18. The van der Waals surface area contributed by atoms with E-state index >= 15 is 0 Å². The number of fused-ring (bicyclic) bond motifs is 1. The predicted molar refractivity (Wildman–Crippen MR) is 85.0 cm³/mol. The minimum absolute atomic E-state index is 0.0392. The van der Waals surface area contributed by atoms with Gasteiger partial charge in [0.1, 0.15) is 0 Å². The molecule has 0 bridgehead atoms. The lowest BCUT2D eigenvalue weighted by molar-refractivity contribution is 0.0942. The minimum atomic E-state index is -0.398. The maximum atomic E-state index is 12.4. The SMILES string of the molecule is Cn1nc(C(=O)NCCN2CCCC2)c(=O)c2ccccc21. The van der Waals surface area contributed by atoms with Crippen LogP contribution in [0.5, 0.6) is 0 Å². The average Bonchev–Trinajstić information content (AvgIpc) is 3.04. The van der Waals surface area contributed by atoms with Crippen molar-refractivity contribution >= 4 is 16.8 Å². The van der Waals surface area contributed by atoms with Crippen LogP contribution < -0.4 is 10.7 Å². The van der Waals surface area contributed by atoms with Crippen molar-refractivity contribution in [2.45, 2.75) is 12.8 Å². The fourth-order valence-electron chi connectivity index (χ4n) is 2.89. The first-order valence-corrected chi connectivity index (χ1v) is 7.63. The topological polar surface area (TPSA) is 67.2 Å². The van der Waals surface area contributed by atoms with Gasteiger partial charge in [0.15, 0.2) is 5.69 Å². The molecule has 1 aromatic heterocycles. The number of nitrogens with one attached hydrogen (secondary N) is 1. The van der Waals surface area contributed by atoms with Gasteiger partial charge in [-0.15, -0.1) is 0 Å². The fraction of sp³-hybridized carbons (Fsp3) is 0.438. The summed E-state index contributed by atoms with van der Waals surface area (Å²) in [6.07, 6.45) is 2.45. The number of likely N-dealkylation sites (tertiary alicyclic amines) is 1. The molecule has 2 heterocycles. The lowest BCUT2D eigenvalue weighted by atomic mass is 10.2. The molecule has 0 saturated carbocycles. The van der Waals surface area contributed by atoms with Crippen LogP contribution >= 0.6 is 0 Å². The third-order valence-corrected chi connectivity index (χ3v) is 4.09. The van der Waals surface area contributed by atoms with Crippen LogP contribution in [-0.2, 0) is 7.05 Å². The fourth-order valence-corrected chi connectivity index (χ4v) is 2.89. The van der Waals surface area contributed by atoms with Crippen LogP contribution in [0.4, 0.5) is 0 Å².